The molecule has 4 nitrogen and oxygen atoms in total. The Balaban J connectivity index is 1.96. The van der Waals surface area contributed by atoms with Gasteiger partial charge in [-0.05, 0) is 25.8 Å². The van der Waals surface area contributed by atoms with E-state index >= 15 is 0 Å². The van der Waals surface area contributed by atoms with Gasteiger partial charge in [-0.1, -0.05) is 19.8 Å². The Morgan fingerprint density at radius 2 is 1.76 bits per heavy atom. The smallest absolute Gasteiger partial charge is 0.324 e. The first-order chi connectivity index (χ1) is 8.19. The Hall–Kier alpha value is -0.610. The van der Waals surface area contributed by atoms with Crippen molar-refractivity contribution in [3.63, 3.8) is 0 Å². The summed E-state index contributed by atoms with van der Waals surface area (Å²) in [7, 11) is 0. The number of rotatable bonds is 4. The molecule has 98 valence electrons. The summed E-state index contributed by atoms with van der Waals surface area (Å²) in [5, 5.41) is 9.53. The van der Waals surface area contributed by atoms with Crippen molar-refractivity contribution in [3.8, 4) is 0 Å². The van der Waals surface area contributed by atoms with Crippen LogP contribution in [0.15, 0.2) is 0 Å². The number of carbonyl (C=O) groups is 1. The average molecular weight is 240 g/mol. The molecule has 0 aromatic heterocycles. The minimum atomic E-state index is -0.598. The molecule has 1 saturated heterocycles. The first-order valence-electron chi connectivity index (χ1n) is 6.90. The summed E-state index contributed by atoms with van der Waals surface area (Å²) >= 11 is 0. The van der Waals surface area contributed by atoms with Crippen LogP contribution in [0.2, 0.25) is 0 Å². The Morgan fingerprint density at radius 1 is 1.18 bits per heavy atom. The summed E-state index contributed by atoms with van der Waals surface area (Å²) in [6.45, 7) is 7.25. The van der Waals surface area contributed by atoms with E-state index in [1.54, 1.807) is 0 Å². The zero-order chi connectivity index (χ0) is 12.3. The summed E-state index contributed by atoms with van der Waals surface area (Å²) in [5.74, 6) is -0.598. The molecule has 1 saturated carbocycles. The van der Waals surface area contributed by atoms with E-state index in [4.69, 9.17) is 0 Å². The van der Waals surface area contributed by atoms with Gasteiger partial charge in [0.25, 0.3) is 0 Å². The highest BCUT2D eigenvalue weighted by atomic mass is 16.4. The molecule has 1 aliphatic carbocycles. The largest absolute Gasteiger partial charge is 0.480 e. The SMILES string of the molecule is CCCN1CCN(C2(C(=O)O)CCCC2)CC1. The Morgan fingerprint density at radius 3 is 2.24 bits per heavy atom. The standard InChI is InChI=1S/C13H24N2O2/c1-2-7-14-8-10-15(11-9-14)13(12(16)17)5-3-4-6-13/h2-11H2,1H3,(H,16,17). The molecule has 0 radical (unpaired) electrons. The van der Waals surface area contributed by atoms with E-state index < -0.39 is 11.5 Å². The molecule has 0 amide bonds. The molecule has 0 aromatic carbocycles. The topological polar surface area (TPSA) is 43.8 Å². The third kappa shape index (κ3) is 2.47. The molecule has 0 aromatic rings. The second kappa shape index (κ2) is 5.36. The maximum absolute atomic E-state index is 11.6. The second-order valence-electron chi connectivity index (χ2n) is 5.37. The van der Waals surface area contributed by atoms with E-state index in [2.05, 4.69) is 16.7 Å². The molecule has 0 atom stereocenters. The van der Waals surface area contributed by atoms with Crippen LogP contribution in [0.1, 0.15) is 39.0 Å². The number of carboxylic acid groups (broad SMARTS) is 1. The van der Waals surface area contributed by atoms with E-state index in [1.165, 1.54) is 6.42 Å². The number of hydrogen-bond acceptors (Lipinski definition) is 3. The van der Waals surface area contributed by atoms with Crippen LogP contribution < -0.4 is 0 Å². The van der Waals surface area contributed by atoms with Gasteiger partial charge in [-0.3, -0.25) is 9.69 Å². The van der Waals surface area contributed by atoms with E-state index in [1.807, 2.05) is 0 Å². The monoisotopic (exact) mass is 240 g/mol. The molecule has 1 N–H and O–H groups in total. The van der Waals surface area contributed by atoms with Gasteiger partial charge < -0.3 is 10.0 Å². The van der Waals surface area contributed by atoms with Crippen LogP contribution >= 0.6 is 0 Å². The van der Waals surface area contributed by atoms with Gasteiger partial charge in [-0.2, -0.15) is 0 Å². The molecule has 2 fully saturated rings. The lowest BCUT2D eigenvalue weighted by atomic mass is 9.94. The predicted molar refractivity (Wildman–Crippen MR) is 67.1 cm³/mol. The van der Waals surface area contributed by atoms with Crippen molar-refractivity contribution in [2.75, 3.05) is 32.7 Å². The van der Waals surface area contributed by atoms with Crippen molar-refractivity contribution in [1.29, 1.82) is 0 Å². The molecular weight excluding hydrogens is 216 g/mol. The van der Waals surface area contributed by atoms with E-state index in [0.717, 1.165) is 58.4 Å². The Labute approximate surface area is 104 Å². The zero-order valence-corrected chi connectivity index (χ0v) is 10.8. The van der Waals surface area contributed by atoms with Crippen molar-refractivity contribution in [2.45, 2.75) is 44.6 Å². The molecule has 0 bridgehead atoms. The van der Waals surface area contributed by atoms with Gasteiger partial charge in [0.15, 0.2) is 0 Å². The lowest BCUT2D eigenvalue weighted by Gasteiger charge is -2.43. The molecule has 1 aliphatic heterocycles. The summed E-state index contributed by atoms with van der Waals surface area (Å²) in [6.07, 6.45) is 5.01. The Kier molecular flexibility index (Phi) is 4.05. The lowest BCUT2D eigenvalue weighted by molar-refractivity contribution is -0.152. The molecule has 2 rings (SSSR count). The molecule has 0 spiro atoms. The summed E-state index contributed by atoms with van der Waals surface area (Å²) in [5.41, 5.74) is -0.529. The minimum Gasteiger partial charge on any atom is -0.480 e. The zero-order valence-electron chi connectivity index (χ0n) is 10.8. The van der Waals surface area contributed by atoms with Crippen LogP contribution in [0.25, 0.3) is 0 Å². The van der Waals surface area contributed by atoms with Gasteiger partial charge in [0, 0.05) is 26.2 Å². The van der Waals surface area contributed by atoms with E-state index in [-0.39, 0.29) is 0 Å². The predicted octanol–water partition coefficient (Wildman–Crippen LogP) is 1.41. The highest BCUT2D eigenvalue weighted by Crippen LogP contribution is 2.36. The van der Waals surface area contributed by atoms with Crippen LogP contribution in [0, 0.1) is 0 Å². The number of piperazine rings is 1. The molecule has 2 aliphatic rings. The number of aliphatic carboxylic acids is 1. The van der Waals surface area contributed by atoms with Crippen LogP contribution in [0.5, 0.6) is 0 Å². The first-order valence-corrected chi connectivity index (χ1v) is 6.90. The van der Waals surface area contributed by atoms with Crippen LogP contribution in [0.3, 0.4) is 0 Å². The number of carboxylic acids is 1. The number of nitrogens with zero attached hydrogens (tertiary/aromatic N) is 2. The van der Waals surface area contributed by atoms with Crippen LogP contribution in [-0.2, 0) is 4.79 Å². The minimum absolute atomic E-state index is 0.529. The Bertz CT molecular complexity index is 267. The lowest BCUT2D eigenvalue weighted by Crippen LogP contribution is -2.59. The summed E-state index contributed by atoms with van der Waals surface area (Å²) in [6, 6.07) is 0. The molecule has 4 heteroatoms. The van der Waals surface area contributed by atoms with Gasteiger partial charge in [0.1, 0.15) is 5.54 Å². The van der Waals surface area contributed by atoms with E-state index in [0.29, 0.717) is 0 Å². The van der Waals surface area contributed by atoms with Gasteiger partial charge in [0.05, 0.1) is 0 Å². The third-order valence-corrected chi connectivity index (χ3v) is 4.35. The highest BCUT2D eigenvalue weighted by molar-refractivity contribution is 5.79. The number of hydrogen-bond donors (Lipinski definition) is 1. The maximum Gasteiger partial charge on any atom is 0.324 e. The average Bonchev–Trinajstić information content (AvgIpc) is 2.81. The van der Waals surface area contributed by atoms with Crippen molar-refractivity contribution in [1.82, 2.24) is 9.80 Å². The molecule has 17 heavy (non-hydrogen) atoms. The fourth-order valence-electron chi connectivity index (χ4n) is 3.34. The van der Waals surface area contributed by atoms with Crippen LogP contribution in [-0.4, -0.2) is 59.1 Å². The fourth-order valence-corrected chi connectivity index (χ4v) is 3.34. The molecular formula is C13H24N2O2. The van der Waals surface area contributed by atoms with Gasteiger partial charge >= 0.3 is 5.97 Å². The molecule has 1 heterocycles. The molecule has 0 unspecified atom stereocenters. The van der Waals surface area contributed by atoms with Gasteiger partial charge in [-0.15, -0.1) is 0 Å². The first kappa shape index (κ1) is 12.8. The van der Waals surface area contributed by atoms with Gasteiger partial charge in [0.2, 0.25) is 0 Å². The maximum atomic E-state index is 11.6. The van der Waals surface area contributed by atoms with Crippen molar-refractivity contribution in [3.05, 3.63) is 0 Å². The summed E-state index contributed by atoms with van der Waals surface area (Å²) in [4.78, 5) is 16.3. The second-order valence-corrected chi connectivity index (χ2v) is 5.37. The summed E-state index contributed by atoms with van der Waals surface area (Å²) < 4.78 is 0. The highest BCUT2D eigenvalue weighted by Gasteiger charge is 2.46. The van der Waals surface area contributed by atoms with Crippen molar-refractivity contribution in [2.24, 2.45) is 0 Å². The van der Waals surface area contributed by atoms with Crippen LogP contribution in [0.4, 0.5) is 0 Å². The normalized spacial score (nSPS) is 26.2. The van der Waals surface area contributed by atoms with E-state index in [9.17, 15) is 9.90 Å². The quantitative estimate of drug-likeness (QED) is 0.807. The van der Waals surface area contributed by atoms with Gasteiger partial charge in [-0.25, -0.2) is 0 Å². The fraction of sp³-hybridized carbons (Fsp3) is 0.923. The van der Waals surface area contributed by atoms with Crippen molar-refractivity contribution < 1.29 is 9.90 Å². The van der Waals surface area contributed by atoms with Crippen molar-refractivity contribution >= 4 is 5.97 Å². The third-order valence-electron chi connectivity index (χ3n) is 4.35.